The van der Waals surface area contributed by atoms with Gasteiger partial charge in [-0.1, -0.05) is 107 Å². The third-order valence-electron chi connectivity index (χ3n) is 11.9. The van der Waals surface area contributed by atoms with Gasteiger partial charge in [-0.15, -0.1) is 0 Å². The number of ketones is 2. The number of pyridine rings is 2. The first-order valence-electron chi connectivity index (χ1n) is 21.5. The molecule has 338 valence electrons. The van der Waals surface area contributed by atoms with Crippen molar-refractivity contribution < 1.29 is 38.0 Å². The summed E-state index contributed by atoms with van der Waals surface area (Å²) in [6, 6.07) is 42.5. The standard InChI is InChI=1S/C31H29NO4.C17H17NO4.C7H7Br/c1-34-27-15-23(16-28(35-2)30(27)36-3)24-14-25-26(32-20-24)17-29(33)31(25,18-21-10-6-4-7-11-21)19-22-12-8-5-9-13-22;1-20-15-6-10(7-16(21-2)17(15)22-3)12-4-11-5-13(19)8-14(11)18-9-12;8-6-7-4-2-1-3-5-7/h4-16,20H,17-19H2,1-3H3;4,6-7,9H,5,8H2,1-3H3;1-5H,6H2. The van der Waals surface area contributed by atoms with E-state index in [2.05, 4.69) is 63.4 Å². The Hall–Kier alpha value is -6.98. The molecule has 11 heteroatoms. The fraction of sp³-hybridized carbons (Fsp3) is 0.236. The summed E-state index contributed by atoms with van der Waals surface area (Å²) in [6.07, 6.45) is 6.08. The molecule has 0 aliphatic heterocycles. The van der Waals surface area contributed by atoms with Gasteiger partial charge in [-0.3, -0.25) is 19.6 Å². The van der Waals surface area contributed by atoms with Crippen LogP contribution in [0.4, 0.5) is 0 Å². The van der Waals surface area contributed by atoms with Crippen LogP contribution < -0.4 is 28.4 Å². The molecule has 5 aromatic carbocycles. The number of hydrogen-bond donors (Lipinski definition) is 0. The average Bonchev–Trinajstić information content (AvgIpc) is 3.87. The lowest BCUT2D eigenvalue weighted by Gasteiger charge is -2.30. The SMILES string of the molecule is BrCc1ccccc1.COc1cc(-c2cnc3c(c2)C(Cc2ccccc2)(Cc2ccccc2)C(=O)C3)cc(OC)c1OC.COc1cc(-c2cnc3c(c2)CC(=O)C3)cc(OC)c1OC. The number of rotatable bonds is 13. The summed E-state index contributed by atoms with van der Waals surface area (Å²) in [4.78, 5) is 34.5. The highest BCUT2D eigenvalue weighted by atomic mass is 79.9. The van der Waals surface area contributed by atoms with E-state index in [-0.39, 0.29) is 11.6 Å². The first-order chi connectivity index (χ1) is 32.2. The largest absolute Gasteiger partial charge is 0.493 e. The van der Waals surface area contributed by atoms with E-state index in [0.717, 1.165) is 61.2 Å². The summed E-state index contributed by atoms with van der Waals surface area (Å²) in [5.41, 5.74) is 10.2. The smallest absolute Gasteiger partial charge is 0.203 e. The summed E-state index contributed by atoms with van der Waals surface area (Å²) in [5.74, 6) is 3.84. The van der Waals surface area contributed by atoms with Gasteiger partial charge in [-0.25, -0.2) is 0 Å². The Morgan fingerprint density at radius 3 is 1.32 bits per heavy atom. The van der Waals surface area contributed by atoms with E-state index < -0.39 is 5.41 Å². The van der Waals surface area contributed by atoms with Gasteiger partial charge in [-0.2, -0.15) is 0 Å². The van der Waals surface area contributed by atoms with Crippen LogP contribution in [0.25, 0.3) is 22.3 Å². The molecule has 0 amide bonds. The number of Topliss-reactive ketones (excluding diaryl/α,β-unsaturated/α-hetero) is 2. The van der Waals surface area contributed by atoms with Crippen LogP contribution in [0, 0.1) is 0 Å². The van der Waals surface area contributed by atoms with Gasteiger partial charge in [0.1, 0.15) is 11.6 Å². The van der Waals surface area contributed by atoms with Crippen LogP contribution in [-0.4, -0.2) is 64.2 Å². The van der Waals surface area contributed by atoms with Crippen LogP contribution in [0.3, 0.4) is 0 Å². The van der Waals surface area contributed by atoms with Crippen molar-refractivity contribution in [3.8, 4) is 56.8 Å². The summed E-state index contributed by atoms with van der Waals surface area (Å²) in [7, 11) is 9.53. The Kier molecular flexibility index (Phi) is 15.5. The molecule has 0 saturated carbocycles. The maximum Gasteiger partial charge on any atom is 0.203 e. The van der Waals surface area contributed by atoms with E-state index in [0.29, 0.717) is 66.6 Å². The molecule has 0 radical (unpaired) electrons. The molecular weight excluding hydrogens is 897 g/mol. The molecule has 2 aliphatic carbocycles. The minimum absolute atomic E-state index is 0.208. The predicted octanol–water partition coefficient (Wildman–Crippen LogP) is 10.6. The van der Waals surface area contributed by atoms with Gasteiger partial charge >= 0.3 is 0 Å². The molecule has 0 unspecified atom stereocenters. The minimum atomic E-state index is -0.693. The third-order valence-corrected chi connectivity index (χ3v) is 12.5. The topological polar surface area (TPSA) is 115 Å². The lowest BCUT2D eigenvalue weighted by atomic mass is 9.71. The summed E-state index contributed by atoms with van der Waals surface area (Å²) in [5, 5.41) is 0.952. The average molecular weight is 950 g/mol. The molecule has 66 heavy (non-hydrogen) atoms. The molecule has 2 heterocycles. The van der Waals surface area contributed by atoms with E-state index in [4.69, 9.17) is 33.4 Å². The number of hydrogen-bond acceptors (Lipinski definition) is 10. The lowest BCUT2D eigenvalue weighted by Crippen LogP contribution is -2.37. The Balaban J connectivity index is 0.000000182. The number of methoxy groups -OCH3 is 6. The van der Waals surface area contributed by atoms with Crippen molar-refractivity contribution in [1.29, 1.82) is 0 Å². The van der Waals surface area contributed by atoms with Crippen molar-refractivity contribution >= 4 is 27.5 Å². The molecule has 7 aromatic rings. The zero-order valence-corrected chi connectivity index (χ0v) is 39.6. The fourth-order valence-corrected chi connectivity index (χ4v) is 8.92. The lowest BCUT2D eigenvalue weighted by molar-refractivity contribution is -0.123. The number of nitrogens with zero attached hydrogens (tertiary/aromatic N) is 2. The molecule has 0 saturated heterocycles. The van der Waals surface area contributed by atoms with Crippen molar-refractivity contribution in [2.45, 2.75) is 42.8 Å². The number of fused-ring (bicyclic) bond motifs is 2. The number of aromatic nitrogens is 2. The molecule has 2 aliphatic rings. The van der Waals surface area contributed by atoms with E-state index >= 15 is 0 Å². The van der Waals surface area contributed by atoms with Crippen molar-refractivity contribution in [1.82, 2.24) is 9.97 Å². The number of carbonyl (C=O) groups is 2. The normalized spacial score (nSPS) is 13.0. The predicted molar refractivity (Wildman–Crippen MR) is 261 cm³/mol. The van der Waals surface area contributed by atoms with Gasteiger partial charge in [0, 0.05) is 48.1 Å². The highest BCUT2D eigenvalue weighted by Gasteiger charge is 2.47. The van der Waals surface area contributed by atoms with Gasteiger partial charge in [0.25, 0.3) is 0 Å². The fourth-order valence-electron chi connectivity index (χ4n) is 8.55. The molecule has 10 nitrogen and oxygen atoms in total. The molecule has 0 N–H and O–H groups in total. The number of benzene rings is 5. The van der Waals surface area contributed by atoms with Gasteiger partial charge in [0.2, 0.25) is 11.5 Å². The minimum Gasteiger partial charge on any atom is -0.493 e. The highest BCUT2D eigenvalue weighted by Crippen LogP contribution is 2.46. The maximum absolute atomic E-state index is 13.8. The molecule has 0 fully saturated rings. The summed E-state index contributed by atoms with van der Waals surface area (Å²) in [6.45, 7) is 0. The number of carbonyl (C=O) groups excluding carboxylic acids is 2. The monoisotopic (exact) mass is 948 g/mol. The molecule has 0 spiro atoms. The van der Waals surface area contributed by atoms with Crippen molar-refractivity contribution in [3.05, 3.63) is 179 Å². The number of alkyl halides is 1. The molecule has 2 aromatic heterocycles. The second-order valence-corrected chi connectivity index (χ2v) is 16.5. The Bertz CT molecular complexity index is 2690. The van der Waals surface area contributed by atoms with E-state index in [1.165, 1.54) is 5.56 Å². The van der Waals surface area contributed by atoms with Crippen LogP contribution in [0.1, 0.15) is 39.2 Å². The zero-order valence-electron chi connectivity index (χ0n) is 38.1. The van der Waals surface area contributed by atoms with Crippen molar-refractivity contribution in [2.75, 3.05) is 42.7 Å². The second kappa shape index (κ2) is 21.8. The number of halogens is 1. The first kappa shape index (κ1) is 47.0. The zero-order chi connectivity index (χ0) is 46.6. The van der Waals surface area contributed by atoms with Crippen molar-refractivity contribution in [2.24, 2.45) is 0 Å². The van der Waals surface area contributed by atoms with Gasteiger partial charge in [0.15, 0.2) is 23.0 Å². The molecular formula is C55H53BrN2O8. The van der Waals surface area contributed by atoms with Crippen LogP contribution >= 0.6 is 15.9 Å². The second-order valence-electron chi connectivity index (χ2n) is 15.9. The molecule has 0 atom stereocenters. The van der Waals surface area contributed by atoms with E-state index in [1.54, 1.807) is 48.9 Å². The number of ether oxygens (including phenoxy) is 6. The van der Waals surface area contributed by atoms with Crippen LogP contribution in [0.15, 0.2) is 140 Å². The van der Waals surface area contributed by atoms with Gasteiger partial charge in [0.05, 0.1) is 59.5 Å². The maximum atomic E-state index is 13.8. The van der Waals surface area contributed by atoms with Crippen LogP contribution in [0.2, 0.25) is 0 Å². The van der Waals surface area contributed by atoms with Crippen LogP contribution in [-0.2, 0) is 52.4 Å². The summed E-state index contributed by atoms with van der Waals surface area (Å²) >= 11 is 3.36. The van der Waals surface area contributed by atoms with Gasteiger partial charge < -0.3 is 28.4 Å². The van der Waals surface area contributed by atoms with E-state index in [9.17, 15) is 9.59 Å². The Morgan fingerprint density at radius 1 is 0.485 bits per heavy atom. The molecule has 0 bridgehead atoms. The van der Waals surface area contributed by atoms with Gasteiger partial charge in [-0.05, 0) is 88.2 Å². The van der Waals surface area contributed by atoms with Crippen molar-refractivity contribution in [3.63, 3.8) is 0 Å². The molecule has 9 rings (SSSR count). The Morgan fingerprint density at radius 2 is 0.909 bits per heavy atom. The summed E-state index contributed by atoms with van der Waals surface area (Å²) < 4.78 is 32.7. The van der Waals surface area contributed by atoms with Crippen LogP contribution in [0.5, 0.6) is 34.5 Å². The third kappa shape index (κ3) is 10.4. The van der Waals surface area contributed by atoms with E-state index in [1.807, 2.05) is 91.1 Å². The highest BCUT2D eigenvalue weighted by molar-refractivity contribution is 9.08. The quantitative estimate of drug-likeness (QED) is 0.104. The Labute approximate surface area is 395 Å². The first-order valence-corrected chi connectivity index (χ1v) is 22.6.